The van der Waals surface area contributed by atoms with E-state index in [9.17, 15) is 9.90 Å². The third kappa shape index (κ3) is 2.09. The second-order valence-electron chi connectivity index (χ2n) is 6.26. The topological polar surface area (TPSA) is 53.4 Å². The number of nitrogens with zero attached hydrogens (tertiary/aromatic N) is 2. The van der Waals surface area contributed by atoms with Crippen LogP contribution >= 0.6 is 11.6 Å². The fourth-order valence-corrected chi connectivity index (χ4v) is 4.35. The SMILES string of the molecule is O=C(O)C1CC2CCC1N2Cc1ccc(Cl)c2cccnc12. The van der Waals surface area contributed by atoms with Crippen LogP contribution in [0.15, 0.2) is 30.5 Å². The molecule has 2 aliphatic heterocycles. The maximum Gasteiger partial charge on any atom is 0.308 e. The Kier molecular flexibility index (Phi) is 3.31. The Morgan fingerprint density at radius 2 is 2.23 bits per heavy atom. The van der Waals surface area contributed by atoms with Gasteiger partial charge >= 0.3 is 5.97 Å². The maximum absolute atomic E-state index is 11.4. The molecule has 3 heterocycles. The lowest BCUT2D eigenvalue weighted by molar-refractivity contribution is -0.142. The van der Waals surface area contributed by atoms with Crippen molar-refractivity contribution in [1.29, 1.82) is 0 Å². The van der Waals surface area contributed by atoms with Crippen LogP contribution in [-0.4, -0.2) is 33.0 Å². The van der Waals surface area contributed by atoms with Gasteiger partial charge in [0, 0.05) is 35.2 Å². The van der Waals surface area contributed by atoms with Gasteiger partial charge in [0.15, 0.2) is 0 Å². The minimum Gasteiger partial charge on any atom is -0.481 e. The smallest absolute Gasteiger partial charge is 0.308 e. The molecule has 2 bridgehead atoms. The van der Waals surface area contributed by atoms with E-state index in [0.717, 1.165) is 42.3 Å². The molecular formula is C17H17ClN2O2. The summed E-state index contributed by atoms with van der Waals surface area (Å²) in [6.45, 7) is 0.754. The highest BCUT2D eigenvalue weighted by molar-refractivity contribution is 6.35. The van der Waals surface area contributed by atoms with Gasteiger partial charge in [0.1, 0.15) is 0 Å². The van der Waals surface area contributed by atoms with Crippen LogP contribution < -0.4 is 0 Å². The van der Waals surface area contributed by atoms with E-state index < -0.39 is 5.97 Å². The van der Waals surface area contributed by atoms with E-state index in [1.54, 1.807) is 6.20 Å². The van der Waals surface area contributed by atoms with Crippen LogP contribution in [0.3, 0.4) is 0 Å². The van der Waals surface area contributed by atoms with Crippen molar-refractivity contribution >= 4 is 28.5 Å². The monoisotopic (exact) mass is 316 g/mol. The molecule has 2 fully saturated rings. The van der Waals surface area contributed by atoms with Crippen molar-refractivity contribution in [2.45, 2.75) is 37.9 Å². The molecule has 4 rings (SSSR count). The number of benzene rings is 1. The van der Waals surface area contributed by atoms with Gasteiger partial charge in [-0.25, -0.2) is 0 Å². The largest absolute Gasteiger partial charge is 0.481 e. The van der Waals surface area contributed by atoms with Gasteiger partial charge in [-0.3, -0.25) is 14.7 Å². The summed E-state index contributed by atoms with van der Waals surface area (Å²) in [5.74, 6) is -0.874. The maximum atomic E-state index is 11.4. The average molecular weight is 317 g/mol. The van der Waals surface area contributed by atoms with Gasteiger partial charge in [0.2, 0.25) is 0 Å². The van der Waals surface area contributed by atoms with E-state index in [-0.39, 0.29) is 12.0 Å². The summed E-state index contributed by atoms with van der Waals surface area (Å²) < 4.78 is 0. The molecule has 0 amide bonds. The first kappa shape index (κ1) is 14.0. The first-order valence-electron chi connectivity index (χ1n) is 7.66. The highest BCUT2D eigenvalue weighted by Gasteiger charge is 2.49. The fraction of sp³-hybridized carbons (Fsp3) is 0.412. The quantitative estimate of drug-likeness (QED) is 0.943. The minimum absolute atomic E-state index is 0.164. The Balaban J connectivity index is 1.68. The number of carbonyl (C=O) groups is 1. The van der Waals surface area contributed by atoms with E-state index in [0.29, 0.717) is 11.1 Å². The van der Waals surface area contributed by atoms with Crippen LogP contribution in [0.25, 0.3) is 10.9 Å². The van der Waals surface area contributed by atoms with E-state index in [4.69, 9.17) is 11.6 Å². The van der Waals surface area contributed by atoms with Crippen LogP contribution in [-0.2, 0) is 11.3 Å². The number of aliphatic carboxylic acids is 1. The van der Waals surface area contributed by atoms with E-state index in [2.05, 4.69) is 9.88 Å². The molecule has 0 aliphatic carbocycles. The predicted octanol–water partition coefficient (Wildman–Crippen LogP) is 3.33. The molecule has 4 nitrogen and oxygen atoms in total. The van der Waals surface area contributed by atoms with Crippen LogP contribution in [0.4, 0.5) is 0 Å². The molecule has 0 radical (unpaired) electrons. The second-order valence-corrected chi connectivity index (χ2v) is 6.66. The Morgan fingerprint density at radius 1 is 1.36 bits per heavy atom. The highest BCUT2D eigenvalue weighted by Crippen LogP contribution is 2.43. The lowest BCUT2D eigenvalue weighted by atomic mass is 9.89. The van der Waals surface area contributed by atoms with Crippen molar-refractivity contribution in [3.63, 3.8) is 0 Å². The molecule has 2 aromatic rings. The Labute approximate surface area is 133 Å². The minimum atomic E-state index is -0.656. The predicted molar refractivity (Wildman–Crippen MR) is 84.8 cm³/mol. The molecule has 5 heteroatoms. The third-order valence-corrected chi connectivity index (χ3v) is 5.48. The van der Waals surface area contributed by atoms with Crippen molar-refractivity contribution in [1.82, 2.24) is 9.88 Å². The van der Waals surface area contributed by atoms with Crippen molar-refractivity contribution in [3.05, 3.63) is 41.0 Å². The standard InChI is InChI=1S/C17H17ClN2O2/c18-14-5-3-10(16-12(14)2-1-7-19-16)9-20-11-4-6-15(20)13(8-11)17(21)22/h1-3,5,7,11,13,15H,4,6,8-9H2,(H,21,22). The average Bonchev–Trinajstić information content (AvgIpc) is 3.07. The van der Waals surface area contributed by atoms with Gasteiger partial charge in [-0.2, -0.15) is 0 Å². The van der Waals surface area contributed by atoms with E-state index in [1.807, 2.05) is 24.3 Å². The van der Waals surface area contributed by atoms with E-state index >= 15 is 0 Å². The van der Waals surface area contributed by atoms with Crippen LogP contribution in [0.1, 0.15) is 24.8 Å². The third-order valence-electron chi connectivity index (χ3n) is 5.15. The van der Waals surface area contributed by atoms with Crippen molar-refractivity contribution in [3.8, 4) is 0 Å². The lowest BCUT2D eigenvalue weighted by Crippen LogP contribution is -2.32. The number of carboxylic acid groups (broad SMARTS) is 1. The summed E-state index contributed by atoms with van der Waals surface area (Å²) in [4.78, 5) is 18.2. The molecule has 2 aliphatic rings. The molecular weight excluding hydrogens is 300 g/mol. The second kappa shape index (κ2) is 5.21. The number of pyridine rings is 1. The number of halogens is 1. The molecule has 114 valence electrons. The molecule has 2 saturated heterocycles. The number of aromatic nitrogens is 1. The zero-order valence-corrected chi connectivity index (χ0v) is 12.8. The molecule has 3 unspecified atom stereocenters. The Morgan fingerprint density at radius 3 is 3.00 bits per heavy atom. The van der Waals surface area contributed by atoms with Gasteiger partial charge in [0.25, 0.3) is 0 Å². The van der Waals surface area contributed by atoms with Crippen molar-refractivity contribution < 1.29 is 9.90 Å². The lowest BCUT2D eigenvalue weighted by Gasteiger charge is -2.23. The number of rotatable bonds is 3. The molecule has 1 aromatic carbocycles. The van der Waals surface area contributed by atoms with Crippen LogP contribution in [0, 0.1) is 5.92 Å². The summed E-state index contributed by atoms with van der Waals surface area (Å²) in [6, 6.07) is 8.35. The molecule has 0 spiro atoms. The van der Waals surface area contributed by atoms with Gasteiger partial charge in [-0.1, -0.05) is 17.7 Å². The summed E-state index contributed by atoms with van der Waals surface area (Å²) in [6.07, 6.45) is 4.65. The summed E-state index contributed by atoms with van der Waals surface area (Å²) in [5.41, 5.74) is 2.05. The van der Waals surface area contributed by atoms with Crippen molar-refractivity contribution in [2.24, 2.45) is 5.92 Å². The number of carboxylic acids is 1. The van der Waals surface area contributed by atoms with Gasteiger partial charge < -0.3 is 5.11 Å². The number of hydrogen-bond donors (Lipinski definition) is 1. The first-order chi connectivity index (χ1) is 10.6. The Bertz CT molecular complexity index is 749. The Hall–Kier alpha value is -1.65. The highest BCUT2D eigenvalue weighted by atomic mass is 35.5. The number of fused-ring (bicyclic) bond motifs is 3. The van der Waals surface area contributed by atoms with E-state index in [1.165, 1.54) is 0 Å². The summed E-state index contributed by atoms with van der Waals surface area (Å²) in [7, 11) is 0. The number of hydrogen-bond acceptors (Lipinski definition) is 3. The zero-order chi connectivity index (χ0) is 15.3. The summed E-state index contributed by atoms with van der Waals surface area (Å²) in [5, 5.41) is 11.0. The molecule has 22 heavy (non-hydrogen) atoms. The fourth-order valence-electron chi connectivity index (χ4n) is 4.13. The van der Waals surface area contributed by atoms with Gasteiger partial charge in [-0.05, 0) is 43.0 Å². The van der Waals surface area contributed by atoms with Crippen LogP contribution in [0.5, 0.6) is 0 Å². The zero-order valence-electron chi connectivity index (χ0n) is 12.1. The molecule has 1 aromatic heterocycles. The normalized spacial score (nSPS) is 27.6. The molecule has 1 N–H and O–H groups in total. The van der Waals surface area contributed by atoms with Crippen molar-refractivity contribution in [2.75, 3.05) is 0 Å². The van der Waals surface area contributed by atoms with Gasteiger partial charge in [0.05, 0.1) is 11.4 Å². The summed E-state index contributed by atoms with van der Waals surface area (Å²) >= 11 is 6.25. The molecule has 3 atom stereocenters. The van der Waals surface area contributed by atoms with Crippen LogP contribution in [0.2, 0.25) is 5.02 Å². The van der Waals surface area contributed by atoms with Gasteiger partial charge in [-0.15, -0.1) is 0 Å². The first-order valence-corrected chi connectivity index (χ1v) is 8.03. The molecule has 0 saturated carbocycles.